The van der Waals surface area contributed by atoms with E-state index in [2.05, 4.69) is 31.9 Å². The maximum Gasteiger partial charge on any atom is 0.328 e. The predicted molar refractivity (Wildman–Crippen MR) is 100 cm³/mol. The molecule has 0 radical (unpaired) electrons. The van der Waals surface area contributed by atoms with Gasteiger partial charge in [0.05, 0.1) is 12.7 Å². The molecule has 1 aromatic rings. The number of nitrogens with zero attached hydrogens (tertiary/aromatic N) is 1. The van der Waals surface area contributed by atoms with Crippen molar-refractivity contribution in [2.45, 2.75) is 26.4 Å². The third-order valence-electron chi connectivity index (χ3n) is 3.88. The second kappa shape index (κ2) is 11.3. The fourth-order valence-corrected chi connectivity index (χ4v) is 2.53. The van der Waals surface area contributed by atoms with Gasteiger partial charge in [0.1, 0.15) is 5.82 Å². The Labute approximate surface area is 158 Å². The molecular weight excluding hydrogens is 353 g/mol. The molecule has 6 nitrogen and oxygen atoms in total. The van der Waals surface area contributed by atoms with Gasteiger partial charge in [0, 0.05) is 25.2 Å². The van der Waals surface area contributed by atoms with Crippen LogP contribution in [0, 0.1) is 5.82 Å². The van der Waals surface area contributed by atoms with Crippen molar-refractivity contribution in [1.29, 1.82) is 0 Å². The van der Waals surface area contributed by atoms with Crippen molar-refractivity contribution in [2.75, 3.05) is 26.7 Å². The van der Waals surface area contributed by atoms with Gasteiger partial charge in [-0.1, -0.05) is 23.8 Å². The minimum atomic E-state index is -1.26. The highest BCUT2D eigenvalue weighted by Gasteiger charge is 2.23. The highest BCUT2D eigenvalue weighted by atomic mass is 19.1. The molecular formula is C20H26FNO5. The lowest BCUT2D eigenvalue weighted by atomic mass is 10.0. The van der Waals surface area contributed by atoms with Crippen LogP contribution in [0.1, 0.15) is 31.1 Å². The molecule has 148 valence electrons. The number of hydrogen-bond acceptors (Lipinski definition) is 4. The van der Waals surface area contributed by atoms with E-state index in [1.54, 1.807) is 6.07 Å². The van der Waals surface area contributed by atoms with Gasteiger partial charge in [-0.15, -0.1) is 0 Å². The Kier molecular flexibility index (Phi) is 9.39. The van der Waals surface area contributed by atoms with E-state index in [-0.39, 0.29) is 11.9 Å². The Morgan fingerprint density at radius 2 is 1.89 bits per heavy atom. The number of rotatable bonds is 5. The van der Waals surface area contributed by atoms with Gasteiger partial charge in [0.2, 0.25) is 0 Å². The fourth-order valence-electron chi connectivity index (χ4n) is 2.53. The molecule has 1 aliphatic heterocycles. The first kappa shape index (κ1) is 22.5. The molecule has 7 heteroatoms. The highest BCUT2D eigenvalue weighted by Crippen LogP contribution is 2.28. The van der Waals surface area contributed by atoms with Crippen LogP contribution in [0.3, 0.4) is 0 Å². The average molecular weight is 379 g/mol. The largest absolute Gasteiger partial charge is 0.478 e. The fraction of sp³-hybridized carbons (Fsp3) is 0.400. The molecule has 1 aromatic carbocycles. The Morgan fingerprint density at radius 1 is 1.26 bits per heavy atom. The number of aliphatic carboxylic acids is 2. The lowest BCUT2D eigenvalue weighted by Gasteiger charge is -2.21. The first-order chi connectivity index (χ1) is 12.7. The molecule has 1 atom stereocenters. The van der Waals surface area contributed by atoms with Crippen molar-refractivity contribution in [1.82, 2.24) is 4.90 Å². The number of hydrogen-bond donors (Lipinski definition) is 2. The topological polar surface area (TPSA) is 87.1 Å². The Balaban J connectivity index is 0.000000387. The predicted octanol–water partition coefficient (Wildman–Crippen LogP) is 3.05. The van der Waals surface area contributed by atoms with Gasteiger partial charge in [-0.2, -0.15) is 0 Å². The number of carbonyl (C=O) groups is 2. The zero-order chi connectivity index (χ0) is 20.4. The number of carboxylic acids is 2. The van der Waals surface area contributed by atoms with Crippen LogP contribution < -0.4 is 0 Å². The molecule has 0 fully saturated rings. The van der Waals surface area contributed by atoms with E-state index in [1.807, 2.05) is 6.07 Å². The lowest BCUT2D eigenvalue weighted by molar-refractivity contribution is -0.134. The van der Waals surface area contributed by atoms with E-state index in [1.165, 1.54) is 11.6 Å². The van der Waals surface area contributed by atoms with E-state index < -0.39 is 11.9 Å². The number of ether oxygens (including phenoxy) is 1. The van der Waals surface area contributed by atoms with Gasteiger partial charge in [0.25, 0.3) is 0 Å². The van der Waals surface area contributed by atoms with E-state index in [0.29, 0.717) is 18.8 Å². The van der Waals surface area contributed by atoms with Crippen molar-refractivity contribution in [3.63, 3.8) is 0 Å². The molecule has 0 saturated heterocycles. The molecule has 0 bridgehead atoms. The molecule has 0 aliphatic carbocycles. The van der Waals surface area contributed by atoms with Crippen molar-refractivity contribution in [3.05, 3.63) is 58.9 Å². The van der Waals surface area contributed by atoms with Crippen molar-refractivity contribution >= 4 is 11.9 Å². The van der Waals surface area contributed by atoms with Gasteiger partial charge in [-0.05, 0) is 44.5 Å². The van der Waals surface area contributed by atoms with Crippen molar-refractivity contribution < 1.29 is 28.9 Å². The molecule has 2 N–H and O–H groups in total. The van der Waals surface area contributed by atoms with Crippen LogP contribution in [-0.2, 0) is 20.7 Å². The summed E-state index contributed by atoms with van der Waals surface area (Å²) in [4.78, 5) is 21.3. The Bertz CT molecular complexity index is 694. The monoisotopic (exact) mass is 379 g/mol. The SMILES string of the molecule is CC(C)=CCOC1CN(C)CCc2c(F)cccc21.O=C(O)/C=C\C(=O)O. The second-order valence-electron chi connectivity index (χ2n) is 6.43. The third kappa shape index (κ3) is 8.61. The normalized spacial score (nSPS) is 16.7. The maximum absolute atomic E-state index is 13.9. The summed E-state index contributed by atoms with van der Waals surface area (Å²) in [6.45, 7) is 6.37. The molecule has 1 unspecified atom stereocenters. The minimum absolute atomic E-state index is 0.0474. The molecule has 2 rings (SSSR count). The number of halogens is 1. The summed E-state index contributed by atoms with van der Waals surface area (Å²) >= 11 is 0. The summed E-state index contributed by atoms with van der Waals surface area (Å²) in [5.74, 6) is -2.62. The molecule has 1 heterocycles. The number of fused-ring (bicyclic) bond motifs is 1. The molecule has 0 amide bonds. The number of benzene rings is 1. The molecule has 0 aromatic heterocycles. The number of likely N-dealkylation sites (N-methyl/N-ethyl adjacent to an activating group) is 1. The molecule has 0 spiro atoms. The Morgan fingerprint density at radius 3 is 2.44 bits per heavy atom. The minimum Gasteiger partial charge on any atom is -0.478 e. The summed E-state index contributed by atoms with van der Waals surface area (Å²) in [5.41, 5.74) is 3.06. The standard InChI is InChI=1S/C16H22FNO.C4H4O4/c1-12(2)8-10-19-16-11-18(3)9-7-13-14(16)5-4-6-15(13)17;5-3(6)1-2-4(7)8/h4-6,8,16H,7,9-11H2,1-3H3;1-2H,(H,5,6)(H,7,8)/b;2-1-. The van der Waals surface area contributed by atoms with Gasteiger partial charge in [-0.3, -0.25) is 0 Å². The quantitative estimate of drug-likeness (QED) is 0.604. The first-order valence-electron chi connectivity index (χ1n) is 8.55. The molecule has 1 aliphatic rings. The average Bonchev–Trinajstić information content (AvgIpc) is 2.73. The number of carboxylic acid groups (broad SMARTS) is 2. The van der Waals surface area contributed by atoms with E-state index in [9.17, 15) is 14.0 Å². The van der Waals surface area contributed by atoms with Crippen LogP contribution in [0.2, 0.25) is 0 Å². The lowest BCUT2D eigenvalue weighted by Crippen LogP contribution is -2.25. The van der Waals surface area contributed by atoms with Gasteiger partial charge >= 0.3 is 11.9 Å². The first-order valence-corrected chi connectivity index (χ1v) is 8.55. The molecule has 27 heavy (non-hydrogen) atoms. The second-order valence-corrected chi connectivity index (χ2v) is 6.43. The van der Waals surface area contributed by atoms with Crippen LogP contribution in [0.4, 0.5) is 4.39 Å². The van der Waals surface area contributed by atoms with Crippen molar-refractivity contribution in [2.24, 2.45) is 0 Å². The maximum atomic E-state index is 13.9. The van der Waals surface area contributed by atoms with E-state index in [4.69, 9.17) is 14.9 Å². The van der Waals surface area contributed by atoms with Crippen molar-refractivity contribution in [3.8, 4) is 0 Å². The molecule has 0 saturated carbocycles. The zero-order valence-electron chi connectivity index (χ0n) is 15.8. The van der Waals surface area contributed by atoms with Gasteiger partial charge in [0.15, 0.2) is 0 Å². The smallest absolute Gasteiger partial charge is 0.328 e. The summed E-state index contributed by atoms with van der Waals surface area (Å²) in [6.07, 6.45) is 3.88. The third-order valence-corrected chi connectivity index (χ3v) is 3.88. The summed E-state index contributed by atoms with van der Waals surface area (Å²) in [7, 11) is 2.06. The number of allylic oxidation sites excluding steroid dienone is 1. The zero-order valence-corrected chi connectivity index (χ0v) is 15.8. The van der Waals surface area contributed by atoms with Crippen LogP contribution in [0.25, 0.3) is 0 Å². The van der Waals surface area contributed by atoms with Gasteiger partial charge in [-0.25, -0.2) is 14.0 Å². The summed E-state index contributed by atoms with van der Waals surface area (Å²) in [5, 5.41) is 15.6. The van der Waals surface area contributed by atoms with Gasteiger partial charge < -0.3 is 19.8 Å². The van der Waals surface area contributed by atoms with Crippen LogP contribution >= 0.6 is 0 Å². The van der Waals surface area contributed by atoms with Crippen LogP contribution in [0.5, 0.6) is 0 Å². The van der Waals surface area contributed by atoms with E-state index >= 15 is 0 Å². The van der Waals surface area contributed by atoms with Crippen LogP contribution in [0.15, 0.2) is 42.0 Å². The van der Waals surface area contributed by atoms with Crippen LogP contribution in [-0.4, -0.2) is 53.8 Å². The summed E-state index contributed by atoms with van der Waals surface area (Å²) < 4.78 is 19.9. The summed E-state index contributed by atoms with van der Waals surface area (Å²) in [6, 6.07) is 5.30. The highest BCUT2D eigenvalue weighted by molar-refractivity contribution is 5.89. The van der Waals surface area contributed by atoms with E-state index in [0.717, 1.165) is 30.6 Å². The Hall–Kier alpha value is -2.51.